The summed E-state index contributed by atoms with van der Waals surface area (Å²) >= 11 is 0. The standard InChI is InChI=1S/C15H20N2O.ClH/c1-15(10-17-14(18)13-8-16-9-13)6-11-4-2-3-5-12(11)7-15;/h2-5,13,16H,6-10H2,1H3,(H,17,18);1H. The molecule has 19 heavy (non-hydrogen) atoms. The highest BCUT2D eigenvalue weighted by molar-refractivity contribution is 5.85. The molecule has 1 heterocycles. The second kappa shape index (κ2) is 5.51. The Kier molecular flexibility index (Phi) is 4.16. The van der Waals surface area contributed by atoms with Crippen LogP contribution in [0.15, 0.2) is 24.3 Å². The van der Waals surface area contributed by atoms with Gasteiger partial charge in [-0.25, -0.2) is 0 Å². The lowest BCUT2D eigenvalue weighted by Gasteiger charge is -2.29. The molecule has 1 amide bonds. The molecule has 104 valence electrons. The second-order valence-corrected chi connectivity index (χ2v) is 6.01. The zero-order chi connectivity index (χ0) is 12.6. The van der Waals surface area contributed by atoms with Crippen molar-refractivity contribution in [3.8, 4) is 0 Å². The summed E-state index contributed by atoms with van der Waals surface area (Å²) in [4.78, 5) is 11.8. The lowest BCUT2D eigenvalue weighted by molar-refractivity contribution is -0.126. The zero-order valence-corrected chi connectivity index (χ0v) is 12.1. The van der Waals surface area contributed by atoms with E-state index in [2.05, 4.69) is 41.8 Å². The summed E-state index contributed by atoms with van der Waals surface area (Å²) in [6.45, 7) is 4.73. The first-order valence-corrected chi connectivity index (χ1v) is 6.72. The van der Waals surface area contributed by atoms with Gasteiger partial charge >= 0.3 is 0 Å². The molecule has 4 heteroatoms. The normalized spacial score (nSPS) is 20.1. The van der Waals surface area contributed by atoms with E-state index in [0.717, 1.165) is 32.5 Å². The van der Waals surface area contributed by atoms with E-state index in [1.165, 1.54) is 11.1 Å². The van der Waals surface area contributed by atoms with Crippen LogP contribution >= 0.6 is 12.4 Å². The van der Waals surface area contributed by atoms with Gasteiger partial charge in [0, 0.05) is 19.6 Å². The largest absolute Gasteiger partial charge is 0.355 e. The minimum atomic E-state index is 0. The molecule has 0 aromatic heterocycles. The molecule has 1 fully saturated rings. The van der Waals surface area contributed by atoms with Crippen LogP contribution in [-0.2, 0) is 17.6 Å². The predicted octanol–water partition coefficient (Wildman–Crippen LogP) is 1.55. The van der Waals surface area contributed by atoms with E-state index in [1.54, 1.807) is 0 Å². The lowest BCUT2D eigenvalue weighted by Crippen LogP contribution is -2.52. The molecule has 0 saturated carbocycles. The van der Waals surface area contributed by atoms with Gasteiger partial charge in [-0.1, -0.05) is 31.2 Å². The number of carbonyl (C=O) groups excluding carboxylic acids is 1. The van der Waals surface area contributed by atoms with Gasteiger partial charge in [0.1, 0.15) is 0 Å². The minimum Gasteiger partial charge on any atom is -0.355 e. The zero-order valence-electron chi connectivity index (χ0n) is 11.2. The van der Waals surface area contributed by atoms with Crippen LogP contribution in [0.2, 0.25) is 0 Å². The van der Waals surface area contributed by atoms with E-state index >= 15 is 0 Å². The van der Waals surface area contributed by atoms with Gasteiger partial charge in [0.25, 0.3) is 0 Å². The van der Waals surface area contributed by atoms with Gasteiger partial charge in [0.2, 0.25) is 5.91 Å². The Hall–Kier alpha value is -1.06. The molecule has 0 bridgehead atoms. The topological polar surface area (TPSA) is 41.1 Å². The quantitative estimate of drug-likeness (QED) is 0.882. The number of amides is 1. The Labute approximate surface area is 120 Å². The van der Waals surface area contributed by atoms with Gasteiger partial charge < -0.3 is 10.6 Å². The molecule has 3 rings (SSSR count). The third kappa shape index (κ3) is 2.93. The summed E-state index contributed by atoms with van der Waals surface area (Å²) in [5.41, 5.74) is 3.08. The SMILES string of the molecule is CC1(CNC(=O)C2CNC2)Cc2ccccc2C1.Cl. The van der Waals surface area contributed by atoms with Crippen molar-refractivity contribution >= 4 is 18.3 Å². The van der Waals surface area contributed by atoms with Crippen LogP contribution in [0.3, 0.4) is 0 Å². The van der Waals surface area contributed by atoms with Crippen LogP contribution in [-0.4, -0.2) is 25.5 Å². The van der Waals surface area contributed by atoms with Crippen molar-refractivity contribution in [2.75, 3.05) is 19.6 Å². The van der Waals surface area contributed by atoms with Gasteiger partial charge in [-0.3, -0.25) is 4.79 Å². The summed E-state index contributed by atoms with van der Waals surface area (Å²) < 4.78 is 0. The van der Waals surface area contributed by atoms with Crippen LogP contribution in [0.5, 0.6) is 0 Å². The number of fused-ring (bicyclic) bond motifs is 1. The molecule has 0 spiro atoms. The summed E-state index contributed by atoms with van der Waals surface area (Å²) in [6, 6.07) is 8.61. The Morgan fingerprint density at radius 1 is 1.32 bits per heavy atom. The number of benzene rings is 1. The Morgan fingerprint density at radius 3 is 2.37 bits per heavy atom. The van der Waals surface area contributed by atoms with Gasteiger partial charge in [-0.15, -0.1) is 12.4 Å². The van der Waals surface area contributed by atoms with E-state index in [4.69, 9.17) is 0 Å². The van der Waals surface area contributed by atoms with Crippen molar-refractivity contribution in [3.63, 3.8) is 0 Å². The average Bonchev–Trinajstić information content (AvgIpc) is 2.61. The maximum Gasteiger partial charge on any atom is 0.225 e. The van der Waals surface area contributed by atoms with Crippen LogP contribution in [0.4, 0.5) is 0 Å². The van der Waals surface area contributed by atoms with Crippen molar-refractivity contribution in [1.29, 1.82) is 0 Å². The molecule has 0 atom stereocenters. The minimum absolute atomic E-state index is 0. The van der Waals surface area contributed by atoms with Crippen LogP contribution in [0.1, 0.15) is 18.1 Å². The fourth-order valence-corrected chi connectivity index (χ4v) is 2.93. The number of rotatable bonds is 3. The molecule has 0 radical (unpaired) electrons. The highest BCUT2D eigenvalue weighted by Crippen LogP contribution is 2.35. The second-order valence-electron chi connectivity index (χ2n) is 6.01. The molecule has 1 aliphatic carbocycles. The fraction of sp³-hybridized carbons (Fsp3) is 0.533. The molecule has 2 aliphatic rings. The molecular weight excluding hydrogens is 260 g/mol. The highest BCUT2D eigenvalue weighted by atomic mass is 35.5. The monoisotopic (exact) mass is 280 g/mol. The van der Waals surface area contributed by atoms with E-state index in [9.17, 15) is 4.79 Å². The van der Waals surface area contributed by atoms with Crippen LogP contribution in [0, 0.1) is 11.3 Å². The van der Waals surface area contributed by atoms with E-state index < -0.39 is 0 Å². The first-order chi connectivity index (χ1) is 8.66. The van der Waals surface area contributed by atoms with E-state index in [1.807, 2.05) is 0 Å². The fourth-order valence-electron chi connectivity index (χ4n) is 2.93. The van der Waals surface area contributed by atoms with Gasteiger partial charge in [-0.2, -0.15) is 0 Å². The molecule has 0 unspecified atom stereocenters. The van der Waals surface area contributed by atoms with E-state index in [-0.39, 0.29) is 29.6 Å². The molecule has 3 nitrogen and oxygen atoms in total. The summed E-state index contributed by atoms with van der Waals surface area (Å²) in [7, 11) is 0. The first kappa shape index (κ1) is 14.4. The summed E-state index contributed by atoms with van der Waals surface area (Å²) in [5.74, 6) is 0.406. The summed E-state index contributed by atoms with van der Waals surface area (Å²) in [5, 5.41) is 6.26. The molecule has 2 N–H and O–H groups in total. The van der Waals surface area contributed by atoms with Crippen LogP contribution < -0.4 is 10.6 Å². The van der Waals surface area contributed by atoms with Crippen molar-refractivity contribution < 1.29 is 4.79 Å². The Bertz CT molecular complexity index is 446. The van der Waals surface area contributed by atoms with E-state index in [0.29, 0.717) is 0 Å². The number of hydrogen-bond donors (Lipinski definition) is 2. The molecule has 1 aromatic rings. The maximum absolute atomic E-state index is 11.8. The van der Waals surface area contributed by atoms with Gasteiger partial charge in [0.15, 0.2) is 0 Å². The Morgan fingerprint density at radius 2 is 1.89 bits per heavy atom. The highest BCUT2D eigenvalue weighted by Gasteiger charge is 2.34. The van der Waals surface area contributed by atoms with Crippen molar-refractivity contribution in [2.45, 2.75) is 19.8 Å². The maximum atomic E-state index is 11.8. The predicted molar refractivity (Wildman–Crippen MR) is 78.6 cm³/mol. The van der Waals surface area contributed by atoms with Crippen LogP contribution in [0.25, 0.3) is 0 Å². The van der Waals surface area contributed by atoms with Crippen molar-refractivity contribution in [2.24, 2.45) is 11.3 Å². The van der Waals surface area contributed by atoms with Gasteiger partial charge in [0.05, 0.1) is 5.92 Å². The van der Waals surface area contributed by atoms with Crippen molar-refractivity contribution in [3.05, 3.63) is 35.4 Å². The number of nitrogens with one attached hydrogen (secondary N) is 2. The average molecular weight is 281 g/mol. The molecule has 1 aromatic carbocycles. The third-order valence-corrected chi connectivity index (χ3v) is 4.19. The number of halogens is 1. The summed E-state index contributed by atoms with van der Waals surface area (Å²) in [6.07, 6.45) is 2.15. The molecular formula is C15H21ClN2O. The Balaban J connectivity index is 0.00000133. The van der Waals surface area contributed by atoms with Gasteiger partial charge in [-0.05, 0) is 29.4 Å². The van der Waals surface area contributed by atoms with Crippen molar-refractivity contribution in [1.82, 2.24) is 10.6 Å². The number of carbonyl (C=O) groups is 1. The smallest absolute Gasteiger partial charge is 0.225 e. The molecule has 1 saturated heterocycles. The molecule has 1 aliphatic heterocycles. The third-order valence-electron chi connectivity index (χ3n) is 4.19. The first-order valence-electron chi connectivity index (χ1n) is 6.72. The number of hydrogen-bond acceptors (Lipinski definition) is 2. The lowest BCUT2D eigenvalue weighted by atomic mass is 9.87.